The summed E-state index contributed by atoms with van der Waals surface area (Å²) >= 11 is 0. The Hall–Kier alpha value is -2.39. The third kappa shape index (κ3) is 2.49. The highest BCUT2D eigenvalue weighted by molar-refractivity contribution is 5.92. The van der Waals surface area contributed by atoms with Crippen molar-refractivity contribution in [1.29, 1.82) is 0 Å². The molecule has 2 aromatic carbocycles. The molecule has 1 N–H and O–H groups in total. The van der Waals surface area contributed by atoms with Crippen LogP contribution in [0.5, 0.6) is 5.75 Å². The van der Waals surface area contributed by atoms with Crippen molar-refractivity contribution in [2.24, 2.45) is 23.7 Å². The Balaban J connectivity index is 1.60. The Bertz CT molecular complexity index is 873. The maximum absolute atomic E-state index is 13.6. The fraction of sp³-hybridized carbons (Fsp3) is 0.375. The first kappa shape index (κ1) is 16.8. The normalized spacial score (nSPS) is 36.7. The number of carbonyl (C=O) groups is 1. The second kappa shape index (κ2) is 6.35. The zero-order valence-electron chi connectivity index (χ0n) is 15.8. The summed E-state index contributed by atoms with van der Waals surface area (Å²) in [5, 5.41) is 0. The number of allylic oxidation sites excluding steroid dienone is 1. The summed E-state index contributed by atoms with van der Waals surface area (Å²) in [5.74, 6) is 2.75. The molecular weight excluding hydrogens is 334 g/mol. The topological polar surface area (TPSA) is 30.7 Å². The third-order valence-electron chi connectivity index (χ3n) is 7.02. The number of ketones is 1. The summed E-state index contributed by atoms with van der Waals surface area (Å²) in [6, 6.07) is 19.1. The summed E-state index contributed by atoms with van der Waals surface area (Å²) in [7, 11) is 1.70. The molecule has 3 heteroatoms. The quantitative estimate of drug-likeness (QED) is 0.853. The number of hydrogen-bond donors (Lipinski definition) is 1. The fourth-order valence-corrected chi connectivity index (χ4v) is 5.90. The van der Waals surface area contributed by atoms with E-state index in [4.69, 9.17) is 4.74 Å². The summed E-state index contributed by atoms with van der Waals surface area (Å²) in [5.41, 5.74) is 2.45. The Morgan fingerprint density at radius 1 is 1.00 bits per heavy atom. The van der Waals surface area contributed by atoms with E-state index in [9.17, 15) is 4.79 Å². The number of benzene rings is 2. The SMILES string of the molecule is COc1ccc([NH+]2C[C@H]3C=C[C@@H](C)[C@H]4C(=O)[C@H](c5ccccc5)C2[C@H]43)cc1. The van der Waals surface area contributed by atoms with Crippen LogP contribution in [0.15, 0.2) is 66.7 Å². The molecule has 2 aromatic rings. The van der Waals surface area contributed by atoms with Crippen LogP contribution in [0.3, 0.4) is 0 Å². The zero-order valence-corrected chi connectivity index (χ0v) is 15.8. The summed E-state index contributed by atoms with van der Waals surface area (Å²) in [4.78, 5) is 15.0. The van der Waals surface area contributed by atoms with Crippen molar-refractivity contribution in [1.82, 2.24) is 0 Å². The summed E-state index contributed by atoms with van der Waals surface area (Å²) < 4.78 is 5.33. The predicted octanol–water partition coefficient (Wildman–Crippen LogP) is 3.01. The van der Waals surface area contributed by atoms with Gasteiger partial charge in [-0.25, -0.2) is 0 Å². The molecule has 2 aliphatic carbocycles. The molecule has 1 saturated heterocycles. The van der Waals surface area contributed by atoms with Gasteiger partial charge in [-0.1, -0.05) is 49.4 Å². The minimum atomic E-state index is -0.00866. The minimum Gasteiger partial charge on any atom is -0.497 e. The molecule has 0 radical (unpaired) electrons. The molecule has 1 aliphatic heterocycles. The number of ether oxygens (including phenoxy) is 1. The largest absolute Gasteiger partial charge is 0.497 e. The number of hydrogen-bond acceptors (Lipinski definition) is 2. The molecule has 5 rings (SSSR count). The second-order valence-electron chi connectivity index (χ2n) is 8.29. The molecule has 0 spiro atoms. The highest BCUT2D eigenvalue weighted by Gasteiger charge is 2.63. The lowest BCUT2D eigenvalue weighted by molar-refractivity contribution is -0.849. The zero-order chi connectivity index (χ0) is 18.5. The number of quaternary nitrogens is 1. The van der Waals surface area contributed by atoms with Crippen molar-refractivity contribution in [2.75, 3.05) is 13.7 Å². The van der Waals surface area contributed by atoms with Gasteiger partial charge in [0.2, 0.25) is 0 Å². The van der Waals surface area contributed by atoms with Crippen LogP contribution in [-0.2, 0) is 4.79 Å². The van der Waals surface area contributed by atoms with Crippen molar-refractivity contribution in [3.8, 4) is 5.75 Å². The van der Waals surface area contributed by atoms with Gasteiger partial charge in [0.25, 0.3) is 0 Å². The first-order chi connectivity index (χ1) is 13.2. The van der Waals surface area contributed by atoms with Crippen molar-refractivity contribution >= 4 is 11.5 Å². The van der Waals surface area contributed by atoms with Crippen LogP contribution in [-0.4, -0.2) is 25.5 Å². The van der Waals surface area contributed by atoms with Gasteiger partial charge in [0.1, 0.15) is 17.5 Å². The van der Waals surface area contributed by atoms with Crippen molar-refractivity contribution in [2.45, 2.75) is 18.9 Å². The standard InChI is InChI=1S/C24H25NO2/c1-15-8-9-17-14-25(18-10-12-19(27-2)13-11-18)23-21(17)20(15)24(26)22(23)16-6-4-3-5-7-16/h3-13,15,17,20-23H,14H2,1-2H3/p+1/t15-,17-,20-,21+,22-,23?/m1/s1. The van der Waals surface area contributed by atoms with Crippen molar-refractivity contribution in [3.63, 3.8) is 0 Å². The van der Waals surface area contributed by atoms with E-state index in [0.717, 1.165) is 12.3 Å². The molecule has 0 aromatic heterocycles. The van der Waals surface area contributed by atoms with E-state index in [2.05, 4.69) is 55.5 Å². The second-order valence-corrected chi connectivity index (χ2v) is 8.29. The van der Waals surface area contributed by atoms with Crippen LogP contribution in [0.1, 0.15) is 18.4 Å². The molecule has 1 saturated carbocycles. The fourth-order valence-electron chi connectivity index (χ4n) is 5.90. The lowest BCUT2D eigenvalue weighted by Gasteiger charge is -2.27. The highest BCUT2D eigenvalue weighted by Crippen LogP contribution is 2.50. The Labute approximate surface area is 160 Å². The lowest BCUT2D eigenvalue weighted by Crippen LogP contribution is -3.10. The molecule has 0 bridgehead atoms. The molecule has 0 amide bonds. The van der Waals surface area contributed by atoms with E-state index >= 15 is 0 Å². The number of methoxy groups -OCH3 is 1. The molecule has 7 atom stereocenters. The monoisotopic (exact) mass is 360 g/mol. The van der Waals surface area contributed by atoms with E-state index in [1.807, 2.05) is 18.2 Å². The Kier molecular flexibility index (Phi) is 3.94. The smallest absolute Gasteiger partial charge is 0.150 e. The van der Waals surface area contributed by atoms with Crippen LogP contribution in [0.4, 0.5) is 5.69 Å². The van der Waals surface area contributed by atoms with Crippen molar-refractivity contribution < 1.29 is 14.4 Å². The van der Waals surface area contributed by atoms with Gasteiger partial charge in [-0.05, 0) is 23.6 Å². The lowest BCUT2D eigenvalue weighted by atomic mass is 9.73. The summed E-state index contributed by atoms with van der Waals surface area (Å²) in [6.45, 7) is 3.28. The van der Waals surface area contributed by atoms with Crippen LogP contribution >= 0.6 is 0 Å². The molecule has 27 heavy (non-hydrogen) atoms. The Morgan fingerprint density at radius 2 is 1.74 bits per heavy atom. The van der Waals surface area contributed by atoms with Gasteiger partial charge in [-0.15, -0.1) is 0 Å². The van der Waals surface area contributed by atoms with Gasteiger partial charge in [-0.3, -0.25) is 9.69 Å². The van der Waals surface area contributed by atoms with Crippen molar-refractivity contribution in [3.05, 3.63) is 72.3 Å². The maximum Gasteiger partial charge on any atom is 0.150 e. The van der Waals surface area contributed by atoms with Crippen LogP contribution in [0, 0.1) is 23.7 Å². The van der Waals surface area contributed by atoms with Gasteiger partial charge >= 0.3 is 0 Å². The van der Waals surface area contributed by atoms with E-state index in [1.165, 1.54) is 16.2 Å². The average Bonchev–Trinajstić information content (AvgIpc) is 3.23. The predicted molar refractivity (Wildman–Crippen MR) is 105 cm³/mol. The van der Waals surface area contributed by atoms with Gasteiger partial charge < -0.3 is 4.74 Å². The maximum atomic E-state index is 13.6. The number of rotatable bonds is 3. The van der Waals surface area contributed by atoms with Gasteiger partial charge in [0, 0.05) is 29.9 Å². The highest BCUT2D eigenvalue weighted by atomic mass is 16.5. The molecule has 138 valence electrons. The first-order valence-corrected chi connectivity index (χ1v) is 9.96. The average molecular weight is 360 g/mol. The molecular formula is C24H26NO2+. The van der Waals surface area contributed by atoms with Gasteiger partial charge in [-0.2, -0.15) is 0 Å². The van der Waals surface area contributed by atoms with Crippen LogP contribution in [0.2, 0.25) is 0 Å². The molecule has 3 aliphatic rings. The van der Waals surface area contributed by atoms with Gasteiger partial charge in [0.05, 0.1) is 19.6 Å². The van der Waals surface area contributed by atoms with E-state index in [0.29, 0.717) is 29.6 Å². The molecule has 3 nitrogen and oxygen atoms in total. The molecule has 1 heterocycles. The number of Topliss-reactive ketones (excluding diaryl/α,β-unsaturated/α-hetero) is 1. The molecule has 2 unspecified atom stereocenters. The number of nitrogens with one attached hydrogen (secondary N) is 1. The first-order valence-electron chi connectivity index (χ1n) is 9.96. The number of carbonyl (C=O) groups excluding carboxylic acids is 1. The minimum absolute atomic E-state index is 0.00866. The Morgan fingerprint density at radius 3 is 2.44 bits per heavy atom. The van der Waals surface area contributed by atoms with E-state index in [1.54, 1.807) is 7.11 Å². The van der Waals surface area contributed by atoms with Crippen LogP contribution in [0.25, 0.3) is 0 Å². The van der Waals surface area contributed by atoms with E-state index < -0.39 is 0 Å². The van der Waals surface area contributed by atoms with E-state index in [-0.39, 0.29) is 11.8 Å². The third-order valence-corrected chi connectivity index (χ3v) is 7.02. The summed E-state index contributed by atoms with van der Waals surface area (Å²) in [6.07, 6.45) is 4.67. The molecule has 2 fully saturated rings. The van der Waals surface area contributed by atoms with Gasteiger partial charge in [0.15, 0.2) is 5.78 Å². The van der Waals surface area contributed by atoms with Crippen LogP contribution < -0.4 is 9.64 Å².